The highest BCUT2D eigenvalue weighted by molar-refractivity contribution is 5.94. The van der Waals surface area contributed by atoms with Crippen LogP contribution in [0.15, 0.2) is 52.9 Å². The van der Waals surface area contributed by atoms with Crippen LogP contribution in [0.3, 0.4) is 0 Å². The van der Waals surface area contributed by atoms with Gasteiger partial charge in [-0.1, -0.05) is 25.1 Å². The molecule has 1 aliphatic heterocycles. The van der Waals surface area contributed by atoms with E-state index in [4.69, 9.17) is 9.15 Å². The third-order valence-electron chi connectivity index (χ3n) is 5.55. The summed E-state index contributed by atoms with van der Waals surface area (Å²) in [6.45, 7) is 3.52. The van der Waals surface area contributed by atoms with Crippen molar-refractivity contribution in [3.8, 4) is 5.75 Å². The van der Waals surface area contributed by atoms with Crippen molar-refractivity contribution in [1.82, 2.24) is 9.88 Å². The number of hydrogen-bond acceptors (Lipinski definition) is 5. The number of likely N-dealkylation sites (tertiary alicyclic amines) is 1. The number of rotatable bonds is 7. The van der Waals surface area contributed by atoms with Gasteiger partial charge in [0.2, 0.25) is 11.8 Å². The molecule has 162 valence electrons. The second-order valence-corrected chi connectivity index (χ2v) is 7.70. The summed E-state index contributed by atoms with van der Waals surface area (Å²) in [7, 11) is 0. The molecule has 3 aromatic rings. The summed E-state index contributed by atoms with van der Waals surface area (Å²) >= 11 is 0. The standard InChI is InChI=1S/C24H27N3O4/c1-2-22-26-20-16-18(8-9-21(20)31-22)25-24(29)17-10-13-27(14-11-17)23(28)12-15-30-19-6-4-3-5-7-19/h3-9,16-17H,2,10-15H2,1H3,(H,25,29). The van der Waals surface area contributed by atoms with Crippen LogP contribution >= 0.6 is 0 Å². The predicted molar refractivity (Wildman–Crippen MR) is 118 cm³/mol. The number of carbonyl (C=O) groups is 2. The number of nitrogens with one attached hydrogen (secondary N) is 1. The summed E-state index contributed by atoms with van der Waals surface area (Å²) in [6.07, 6.45) is 2.38. The highest BCUT2D eigenvalue weighted by Gasteiger charge is 2.27. The van der Waals surface area contributed by atoms with Crippen molar-refractivity contribution in [2.45, 2.75) is 32.6 Å². The van der Waals surface area contributed by atoms with Gasteiger partial charge in [0.15, 0.2) is 11.5 Å². The Bertz CT molecular complexity index is 1040. The van der Waals surface area contributed by atoms with Crippen molar-refractivity contribution in [3.05, 3.63) is 54.4 Å². The normalized spacial score (nSPS) is 14.5. The second-order valence-electron chi connectivity index (χ2n) is 7.70. The molecule has 31 heavy (non-hydrogen) atoms. The van der Waals surface area contributed by atoms with E-state index in [2.05, 4.69) is 10.3 Å². The summed E-state index contributed by atoms with van der Waals surface area (Å²) in [5, 5.41) is 2.98. The number of ether oxygens (including phenoxy) is 1. The number of carbonyl (C=O) groups excluding carboxylic acids is 2. The monoisotopic (exact) mass is 421 g/mol. The van der Waals surface area contributed by atoms with Crippen molar-refractivity contribution in [3.63, 3.8) is 0 Å². The van der Waals surface area contributed by atoms with Gasteiger partial charge in [0, 0.05) is 31.1 Å². The SMILES string of the molecule is CCc1nc2cc(NC(=O)C3CCN(C(=O)CCOc4ccccc4)CC3)ccc2o1. The summed E-state index contributed by atoms with van der Waals surface area (Å²) < 4.78 is 11.2. The first-order chi connectivity index (χ1) is 15.1. The third-order valence-corrected chi connectivity index (χ3v) is 5.55. The molecule has 0 aliphatic carbocycles. The van der Waals surface area contributed by atoms with E-state index in [1.807, 2.05) is 60.4 Å². The van der Waals surface area contributed by atoms with Crippen LogP contribution in [0.5, 0.6) is 5.75 Å². The summed E-state index contributed by atoms with van der Waals surface area (Å²) in [5.41, 5.74) is 2.18. The summed E-state index contributed by atoms with van der Waals surface area (Å²) in [4.78, 5) is 31.4. The highest BCUT2D eigenvalue weighted by Crippen LogP contribution is 2.23. The lowest BCUT2D eigenvalue weighted by atomic mass is 9.95. The van der Waals surface area contributed by atoms with Crippen molar-refractivity contribution in [2.24, 2.45) is 5.92 Å². The van der Waals surface area contributed by atoms with E-state index in [1.54, 1.807) is 0 Å². The molecular formula is C24H27N3O4. The van der Waals surface area contributed by atoms with Crippen molar-refractivity contribution in [1.29, 1.82) is 0 Å². The van der Waals surface area contributed by atoms with Crippen LogP contribution < -0.4 is 10.1 Å². The number of fused-ring (bicyclic) bond motifs is 1. The van der Waals surface area contributed by atoms with E-state index in [-0.39, 0.29) is 17.7 Å². The molecule has 0 unspecified atom stereocenters. The van der Waals surface area contributed by atoms with Gasteiger partial charge < -0.3 is 19.4 Å². The Kier molecular flexibility index (Phi) is 6.50. The molecule has 0 bridgehead atoms. The average molecular weight is 421 g/mol. The quantitative estimate of drug-likeness (QED) is 0.622. The Labute approximate surface area is 181 Å². The van der Waals surface area contributed by atoms with Crippen LogP contribution in [0.4, 0.5) is 5.69 Å². The average Bonchev–Trinajstić information content (AvgIpc) is 3.22. The van der Waals surface area contributed by atoms with Gasteiger partial charge in [-0.3, -0.25) is 9.59 Å². The van der Waals surface area contributed by atoms with Crippen LogP contribution in [0.1, 0.15) is 32.1 Å². The Hall–Kier alpha value is -3.35. The zero-order valence-electron chi connectivity index (χ0n) is 17.7. The van der Waals surface area contributed by atoms with Gasteiger partial charge in [0.25, 0.3) is 0 Å². The van der Waals surface area contributed by atoms with Crippen LogP contribution in [0.2, 0.25) is 0 Å². The van der Waals surface area contributed by atoms with Crippen LogP contribution in [0, 0.1) is 5.92 Å². The van der Waals surface area contributed by atoms with E-state index < -0.39 is 0 Å². The zero-order chi connectivity index (χ0) is 21.6. The first kappa shape index (κ1) is 20.9. The molecule has 1 N–H and O–H groups in total. The number of amides is 2. The van der Waals surface area contributed by atoms with Crippen LogP contribution in [0.25, 0.3) is 11.1 Å². The largest absolute Gasteiger partial charge is 0.493 e. The Morgan fingerprint density at radius 1 is 1.16 bits per heavy atom. The lowest BCUT2D eigenvalue weighted by Crippen LogP contribution is -2.41. The van der Waals surface area contributed by atoms with Gasteiger partial charge in [-0.15, -0.1) is 0 Å². The van der Waals surface area contributed by atoms with E-state index in [1.165, 1.54) is 0 Å². The Morgan fingerprint density at radius 2 is 1.94 bits per heavy atom. The fraction of sp³-hybridized carbons (Fsp3) is 0.375. The molecule has 1 aromatic heterocycles. The minimum Gasteiger partial charge on any atom is -0.493 e. The molecule has 1 fully saturated rings. The molecule has 1 saturated heterocycles. The molecule has 7 nitrogen and oxygen atoms in total. The third kappa shape index (κ3) is 5.23. The number of benzene rings is 2. The van der Waals surface area contributed by atoms with Gasteiger partial charge in [-0.2, -0.15) is 0 Å². The molecule has 0 saturated carbocycles. The number of oxazole rings is 1. The number of anilines is 1. The van der Waals surface area contributed by atoms with Gasteiger partial charge in [0.1, 0.15) is 11.3 Å². The lowest BCUT2D eigenvalue weighted by molar-refractivity contribution is -0.135. The molecule has 4 rings (SSSR count). The van der Waals surface area contributed by atoms with E-state index in [0.717, 1.165) is 23.3 Å². The molecule has 7 heteroatoms. The molecule has 2 heterocycles. The molecular weight excluding hydrogens is 394 g/mol. The number of hydrogen-bond donors (Lipinski definition) is 1. The van der Waals surface area contributed by atoms with Crippen molar-refractivity contribution in [2.75, 3.05) is 25.0 Å². The summed E-state index contributed by atoms with van der Waals surface area (Å²) in [6, 6.07) is 15.0. The number of para-hydroxylation sites is 1. The van der Waals surface area contributed by atoms with Crippen LogP contribution in [-0.4, -0.2) is 41.4 Å². The number of nitrogens with zero attached hydrogens (tertiary/aromatic N) is 2. The summed E-state index contributed by atoms with van der Waals surface area (Å²) in [5.74, 6) is 1.39. The Balaban J connectivity index is 1.23. The van der Waals surface area contributed by atoms with Gasteiger partial charge in [-0.05, 0) is 43.2 Å². The molecule has 2 amide bonds. The number of piperidine rings is 1. The van der Waals surface area contributed by atoms with Crippen LogP contribution in [-0.2, 0) is 16.0 Å². The maximum Gasteiger partial charge on any atom is 0.227 e. The maximum atomic E-state index is 12.7. The number of aromatic nitrogens is 1. The molecule has 2 aromatic carbocycles. The fourth-order valence-electron chi connectivity index (χ4n) is 3.77. The predicted octanol–water partition coefficient (Wildman–Crippen LogP) is 4.04. The highest BCUT2D eigenvalue weighted by atomic mass is 16.5. The molecule has 0 atom stereocenters. The first-order valence-electron chi connectivity index (χ1n) is 10.8. The van der Waals surface area contributed by atoms with E-state index in [0.29, 0.717) is 50.5 Å². The lowest BCUT2D eigenvalue weighted by Gasteiger charge is -2.31. The van der Waals surface area contributed by atoms with Crippen molar-refractivity contribution >= 4 is 28.6 Å². The second kappa shape index (κ2) is 9.64. The van der Waals surface area contributed by atoms with Gasteiger partial charge >= 0.3 is 0 Å². The maximum absolute atomic E-state index is 12.7. The Morgan fingerprint density at radius 3 is 2.68 bits per heavy atom. The van der Waals surface area contributed by atoms with Gasteiger partial charge in [0.05, 0.1) is 13.0 Å². The van der Waals surface area contributed by atoms with E-state index >= 15 is 0 Å². The topological polar surface area (TPSA) is 84.7 Å². The van der Waals surface area contributed by atoms with Gasteiger partial charge in [-0.25, -0.2) is 4.98 Å². The number of aryl methyl sites for hydroxylation is 1. The minimum absolute atomic E-state index is 0.0157. The smallest absolute Gasteiger partial charge is 0.227 e. The minimum atomic E-state index is -0.108. The van der Waals surface area contributed by atoms with Crippen molar-refractivity contribution < 1.29 is 18.7 Å². The molecule has 0 spiro atoms. The zero-order valence-corrected chi connectivity index (χ0v) is 17.7. The molecule has 0 radical (unpaired) electrons. The first-order valence-corrected chi connectivity index (χ1v) is 10.8. The van der Waals surface area contributed by atoms with E-state index in [9.17, 15) is 9.59 Å². The molecule has 1 aliphatic rings. The fourth-order valence-corrected chi connectivity index (χ4v) is 3.77.